The summed E-state index contributed by atoms with van der Waals surface area (Å²) >= 11 is 6.13. The number of likely N-dealkylation sites (tertiary alicyclic amines) is 1. The van der Waals surface area contributed by atoms with Crippen molar-refractivity contribution in [3.63, 3.8) is 0 Å². The summed E-state index contributed by atoms with van der Waals surface area (Å²) in [5.41, 5.74) is 6.35. The van der Waals surface area contributed by atoms with Gasteiger partial charge in [0.05, 0.1) is 5.02 Å². The minimum absolute atomic E-state index is 0.277. The van der Waals surface area contributed by atoms with E-state index >= 15 is 0 Å². The number of piperidine rings is 1. The molecule has 1 aliphatic rings. The molecule has 106 valence electrons. The van der Waals surface area contributed by atoms with Gasteiger partial charge in [-0.2, -0.15) is 0 Å². The normalized spacial score (nSPS) is 17.6. The summed E-state index contributed by atoms with van der Waals surface area (Å²) < 4.78 is 5.98. The highest BCUT2D eigenvalue weighted by Crippen LogP contribution is 2.29. The molecule has 2 N–H and O–H groups in total. The predicted octanol–water partition coefficient (Wildman–Crippen LogP) is 3.57. The fourth-order valence-electron chi connectivity index (χ4n) is 2.42. The Morgan fingerprint density at radius 3 is 2.74 bits per heavy atom. The van der Waals surface area contributed by atoms with Crippen LogP contribution in [-0.2, 0) is 0 Å². The first-order valence-electron chi connectivity index (χ1n) is 7.13. The number of nitrogens with zero attached hydrogens (tertiary/aromatic N) is 1. The third kappa shape index (κ3) is 4.29. The predicted molar refractivity (Wildman–Crippen MR) is 80.9 cm³/mol. The zero-order chi connectivity index (χ0) is 13.7. The van der Waals surface area contributed by atoms with E-state index in [-0.39, 0.29) is 6.10 Å². The molecule has 4 heteroatoms. The second kappa shape index (κ2) is 7.01. The molecule has 1 heterocycles. The third-order valence-corrected chi connectivity index (χ3v) is 3.91. The maximum absolute atomic E-state index is 6.13. The lowest BCUT2D eigenvalue weighted by Gasteiger charge is -2.32. The number of nitrogens with two attached hydrogens (primary N) is 1. The van der Waals surface area contributed by atoms with Crippen LogP contribution in [0.15, 0.2) is 18.2 Å². The summed E-state index contributed by atoms with van der Waals surface area (Å²) in [5, 5.41) is 0.605. The van der Waals surface area contributed by atoms with Gasteiger partial charge in [0, 0.05) is 18.8 Å². The van der Waals surface area contributed by atoms with E-state index < -0.39 is 0 Å². The van der Waals surface area contributed by atoms with Gasteiger partial charge in [-0.25, -0.2) is 0 Å². The van der Waals surface area contributed by atoms with E-state index in [9.17, 15) is 0 Å². The van der Waals surface area contributed by atoms with E-state index in [1.165, 1.54) is 19.4 Å². The summed E-state index contributed by atoms with van der Waals surface area (Å²) in [7, 11) is 0. The molecule has 1 aliphatic heterocycles. The monoisotopic (exact) mass is 282 g/mol. The van der Waals surface area contributed by atoms with Crippen molar-refractivity contribution in [3.05, 3.63) is 23.2 Å². The Balaban J connectivity index is 1.82. The average Bonchev–Trinajstić information content (AvgIpc) is 2.41. The van der Waals surface area contributed by atoms with Crippen molar-refractivity contribution in [1.82, 2.24) is 4.90 Å². The fourth-order valence-corrected chi connectivity index (χ4v) is 2.66. The number of benzene rings is 1. The maximum atomic E-state index is 6.13. The molecule has 0 unspecified atom stereocenters. The molecule has 2 rings (SSSR count). The van der Waals surface area contributed by atoms with Crippen LogP contribution >= 0.6 is 11.6 Å². The molecular formula is C15H23ClN2O. The average molecular weight is 283 g/mol. The highest BCUT2D eigenvalue weighted by atomic mass is 35.5. The van der Waals surface area contributed by atoms with E-state index in [0.29, 0.717) is 10.7 Å². The smallest absolute Gasteiger partial charge is 0.138 e. The molecule has 0 amide bonds. The Morgan fingerprint density at radius 1 is 1.37 bits per heavy atom. The van der Waals surface area contributed by atoms with Crippen LogP contribution in [0.5, 0.6) is 5.75 Å². The van der Waals surface area contributed by atoms with Crippen molar-refractivity contribution < 1.29 is 4.74 Å². The van der Waals surface area contributed by atoms with E-state index in [2.05, 4.69) is 11.8 Å². The first kappa shape index (κ1) is 14.5. The number of hydrogen-bond acceptors (Lipinski definition) is 3. The Morgan fingerprint density at radius 2 is 2.11 bits per heavy atom. The van der Waals surface area contributed by atoms with Crippen molar-refractivity contribution >= 4 is 17.3 Å². The fraction of sp³-hybridized carbons (Fsp3) is 0.600. The van der Waals surface area contributed by atoms with Crippen molar-refractivity contribution in [2.75, 3.05) is 25.4 Å². The summed E-state index contributed by atoms with van der Waals surface area (Å²) in [6.07, 6.45) is 4.97. The first-order chi connectivity index (χ1) is 9.19. The van der Waals surface area contributed by atoms with Gasteiger partial charge < -0.3 is 15.4 Å². The molecule has 0 radical (unpaired) electrons. The molecule has 0 atom stereocenters. The number of anilines is 1. The van der Waals surface area contributed by atoms with Crippen LogP contribution in [0.2, 0.25) is 5.02 Å². The van der Waals surface area contributed by atoms with E-state index in [4.69, 9.17) is 22.1 Å². The standard InChI is InChI=1S/C15H23ClN2O/c1-2-3-8-18-9-6-13(7-10-18)19-15-5-4-12(17)11-14(15)16/h4-5,11,13H,2-3,6-10,17H2,1H3. The molecule has 3 nitrogen and oxygen atoms in total. The number of halogens is 1. The molecule has 0 aliphatic carbocycles. The molecule has 1 saturated heterocycles. The molecule has 0 bridgehead atoms. The van der Waals surface area contributed by atoms with Gasteiger partial charge in [-0.1, -0.05) is 24.9 Å². The van der Waals surface area contributed by atoms with Crippen LogP contribution < -0.4 is 10.5 Å². The Labute approximate surface area is 120 Å². The second-order valence-corrected chi connectivity index (χ2v) is 5.61. The van der Waals surface area contributed by atoms with Gasteiger partial charge in [-0.15, -0.1) is 0 Å². The number of hydrogen-bond donors (Lipinski definition) is 1. The van der Waals surface area contributed by atoms with Crippen molar-refractivity contribution in [2.45, 2.75) is 38.7 Å². The van der Waals surface area contributed by atoms with Gasteiger partial charge in [0.15, 0.2) is 0 Å². The highest BCUT2D eigenvalue weighted by molar-refractivity contribution is 6.32. The molecule has 0 saturated carbocycles. The quantitative estimate of drug-likeness (QED) is 0.839. The first-order valence-corrected chi connectivity index (χ1v) is 7.51. The molecule has 1 aromatic carbocycles. The number of ether oxygens (including phenoxy) is 1. The van der Waals surface area contributed by atoms with E-state index in [1.807, 2.05) is 12.1 Å². The summed E-state index contributed by atoms with van der Waals surface area (Å²) in [6.45, 7) is 5.69. The van der Waals surface area contributed by atoms with Crippen molar-refractivity contribution in [2.24, 2.45) is 0 Å². The van der Waals surface area contributed by atoms with Gasteiger partial charge in [0.2, 0.25) is 0 Å². The number of unbranched alkanes of at least 4 members (excludes halogenated alkanes) is 1. The Kier molecular flexibility index (Phi) is 5.34. The van der Waals surface area contributed by atoms with Crippen LogP contribution in [0.25, 0.3) is 0 Å². The van der Waals surface area contributed by atoms with Crippen molar-refractivity contribution in [3.8, 4) is 5.75 Å². The second-order valence-electron chi connectivity index (χ2n) is 5.20. The van der Waals surface area contributed by atoms with Gasteiger partial charge in [0.1, 0.15) is 11.9 Å². The van der Waals surface area contributed by atoms with Crippen LogP contribution in [0.1, 0.15) is 32.6 Å². The molecule has 1 fully saturated rings. The minimum Gasteiger partial charge on any atom is -0.489 e. The molecule has 19 heavy (non-hydrogen) atoms. The van der Waals surface area contributed by atoms with Crippen LogP contribution in [0, 0.1) is 0 Å². The zero-order valence-electron chi connectivity index (χ0n) is 11.6. The van der Waals surface area contributed by atoms with Gasteiger partial charge >= 0.3 is 0 Å². The molecular weight excluding hydrogens is 260 g/mol. The number of rotatable bonds is 5. The third-order valence-electron chi connectivity index (χ3n) is 3.61. The Bertz CT molecular complexity index is 403. The largest absolute Gasteiger partial charge is 0.489 e. The lowest BCUT2D eigenvalue weighted by Crippen LogP contribution is -2.38. The summed E-state index contributed by atoms with van der Waals surface area (Å²) in [6, 6.07) is 5.44. The van der Waals surface area contributed by atoms with E-state index in [0.717, 1.165) is 31.7 Å². The maximum Gasteiger partial charge on any atom is 0.138 e. The Hall–Kier alpha value is -0.930. The molecule has 1 aromatic rings. The van der Waals surface area contributed by atoms with Gasteiger partial charge in [-0.3, -0.25) is 0 Å². The van der Waals surface area contributed by atoms with Crippen LogP contribution in [0.3, 0.4) is 0 Å². The topological polar surface area (TPSA) is 38.5 Å². The minimum atomic E-state index is 0.277. The van der Waals surface area contributed by atoms with Gasteiger partial charge in [-0.05, 0) is 44.0 Å². The van der Waals surface area contributed by atoms with Crippen molar-refractivity contribution in [1.29, 1.82) is 0 Å². The molecule has 0 spiro atoms. The highest BCUT2D eigenvalue weighted by Gasteiger charge is 2.20. The summed E-state index contributed by atoms with van der Waals surface area (Å²) in [4.78, 5) is 2.52. The van der Waals surface area contributed by atoms with Crippen LogP contribution in [0.4, 0.5) is 5.69 Å². The SMILES string of the molecule is CCCCN1CCC(Oc2ccc(N)cc2Cl)CC1. The summed E-state index contributed by atoms with van der Waals surface area (Å²) in [5.74, 6) is 0.753. The van der Waals surface area contributed by atoms with Crippen LogP contribution in [-0.4, -0.2) is 30.6 Å². The lowest BCUT2D eigenvalue weighted by molar-refractivity contribution is 0.0999. The zero-order valence-corrected chi connectivity index (χ0v) is 12.3. The van der Waals surface area contributed by atoms with Gasteiger partial charge in [0.25, 0.3) is 0 Å². The lowest BCUT2D eigenvalue weighted by atomic mass is 10.1. The molecule has 0 aromatic heterocycles. The number of nitrogen functional groups attached to an aromatic ring is 1. The van der Waals surface area contributed by atoms with E-state index in [1.54, 1.807) is 6.07 Å².